The second-order valence-electron chi connectivity index (χ2n) is 3.62. The van der Waals surface area contributed by atoms with Crippen molar-refractivity contribution >= 4 is 21.9 Å². The summed E-state index contributed by atoms with van der Waals surface area (Å²) in [5.74, 6) is 0.223. The van der Waals surface area contributed by atoms with Gasteiger partial charge in [-0.05, 0) is 37.6 Å². The predicted molar refractivity (Wildman–Crippen MR) is 72.3 cm³/mol. The third-order valence-electron chi connectivity index (χ3n) is 2.43. The number of aliphatic imine (C=N–C) groups is 1. The zero-order chi connectivity index (χ0) is 12.8. The van der Waals surface area contributed by atoms with Crippen LogP contribution in [0.3, 0.4) is 0 Å². The Balaban J connectivity index is 2.74. The topological polar surface area (TPSA) is 41.6 Å². The van der Waals surface area contributed by atoms with Crippen LogP contribution in [0.25, 0.3) is 0 Å². The van der Waals surface area contributed by atoms with Crippen molar-refractivity contribution in [2.75, 3.05) is 13.1 Å². The molecule has 3 nitrogen and oxygen atoms in total. The number of rotatable bonds is 4. The zero-order valence-corrected chi connectivity index (χ0v) is 11.7. The number of guanidine groups is 1. The number of benzene rings is 1. The van der Waals surface area contributed by atoms with Crippen molar-refractivity contribution in [3.8, 4) is 0 Å². The van der Waals surface area contributed by atoms with E-state index in [-0.39, 0.29) is 5.82 Å². The van der Waals surface area contributed by atoms with Gasteiger partial charge in [-0.2, -0.15) is 0 Å². The van der Waals surface area contributed by atoms with Crippen molar-refractivity contribution in [1.82, 2.24) is 4.90 Å². The summed E-state index contributed by atoms with van der Waals surface area (Å²) in [4.78, 5) is 6.20. The highest BCUT2D eigenvalue weighted by atomic mass is 79.9. The molecule has 0 saturated carbocycles. The fourth-order valence-electron chi connectivity index (χ4n) is 1.52. The van der Waals surface area contributed by atoms with Crippen LogP contribution in [0.4, 0.5) is 4.39 Å². The number of nitrogens with zero attached hydrogens (tertiary/aromatic N) is 2. The van der Waals surface area contributed by atoms with Crippen LogP contribution >= 0.6 is 15.9 Å². The highest BCUT2D eigenvalue weighted by molar-refractivity contribution is 9.10. The Hall–Kier alpha value is -1.10. The summed E-state index contributed by atoms with van der Waals surface area (Å²) in [6, 6.07) is 4.72. The molecule has 0 amide bonds. The first-order valence-electron chi connectivity index (χ1n) is 5.56. The van der Waals surface area contributed by atoms with Gasteiger partial charge in [-0.15, -0.1) is 0 Å². The summed E-state index contributed by atoms with van der Waals surface area (Å²) in [5.41, 5.74) is 6.63. The first kappa shape index (κ1) is 14.0. The highest BCUT2D eigenvalue weighted by Crippen LogP contribution is 2.15. The Morgan fingerprint density at radius 1 is 1.35 bits per heavy atom. The van der Waals surface area contributed by atoms with E-state index in [2.05, 4.69) is 20.9 Å². The first-order chi connectivity index (χ1) is 8.06. The highest BCUT2D eigenvalue weighted by Gasteiger charge is 2.03. The van der Waals surface area contributed by atoms with Crippen LogP contribution in [0, 0.1) is 5.82 Å². The van der Waals surface area contributed by atoms with E-state index < -0.39 is 0 Å². The van der Waals surface area contributed by atoms with E-state index in [0.717, 1.165) is 18.7 Å². The summed E-state index contributed by atoms with van der Waals surface area (Å²) < 4.78 is 13.8. The lowest BCUT2D eigenvalue weighted by atomic mass is 10.2. The van der Waals surface area contributed by atoms with Crippen molar-refractivity contribution in [1.29, 1.82) is 0 Å². The van der Waals surface area contributed by atoms with E-state index in [1.165, 1.54) is 12.1 Å². The third-order valence-corrected chi connectivity index (χ3v) is 2.89. The second kappa shape index (κ2) is 6.59. The first-order valence-corrected chi connectivity index (χ1v) is 6.36. The molecule has 0 fully saturated rings. The van der Waals surface area contributed by atoms with Crippen LogP contribution in [-0.2, 0) is 6.54 Å². The van der Waals surface area contributed by atoms with Gasteiger partial charge >= 0.3 is 0 Å². The number of hydrogen-bond donors (Lipinski definition) is 1. The molecule has 0 aliphatic heterocycles. The van der Waals surface area contributed by atoms with Crippen molar-refractivity contribution in [2.24, 2.45) is 10.7 Å². The van der Waals surface area contributed by atoms with Gasteiger partial charge in [-0.1, -0.05) is 15.9 Å². The average molecular weight is 302 g/mol. The van der Waals surface area contributed by atoms with E-state index in [4.69, 9.17) is 5.73 Å². The van der Waals surface area contributed by atoms with E-state index in [0.29, 0.717) is 17.0 Å². The Morgan fingerprint density at radius 2 is 2.00 bits per heavy atom. The molecular formula is C12H17BrFN3. The molecule has 0 heterocycles. The van der Waals surface area contributed by atoms with Gasteiger partial charge in [0, 0.05) is 17.6 Å². The van der Waals surface area contributed by atoms with Gasteiger partial charge in [0.25, 0.3) is 0 Å². The minimum Gasteiger partial charge on any atom is -0.370 e. The average Bonchev–Trinajstić information content (AvgIpc) is 2.27. The second-order valence-corrected chi connectivity index (χ2v) is 4.54. The Kier molecular flexibility index (Phi) is 5.41. The lowest BCUT2D eigenvalue weighted by Crippen LogP contribution is -2.37. The molecule has 0 radical (unpaired) electrons. The van der Waals surface area contributed by atoms with E-state index in [1.807, 2.05) is 24.8 Å². The Labute approximate surface area is 110 Å². The summed E-state index contributed by atoms with van der Waals surface area (Å²) in [7, 11) is 0. The molecule has 5 heteroatoms. The van der Waals surface area contributed by atoms with Crippen LogP contribution in [0.5, 0.6) is 0 Å². The maximum Gasteiger partial charge on any atom is 0.191 e. The molecule has 0 atom stereocenters. The molecule has 17 heavy (non-hydrogen) atoms. The fraction of sp³-hybridized carbons (Fsp3) is 0.417. The van der Waals surface area contributed by atoms with Gasteiger partial charge in [0.05, 0.1) is 6.54 Å². The van der Waals surface area contributed by atoms with Gasteiger partial charge in [0.2, 0.25) is 0 Å². The normalized spacial score (nSPS) is 11.6. The molecule has 0 aromatic heterocycles. The zero-order valence-electron chi connectivity index (χ0n) is 10.1. The van der Waals surface area contributed by atoms with Gasteiger partial charge in [0.15, 0.2) is 5.96 Å². The van der Waals surface area contributed by atoms with Crippen molar-refractivity contribution < 1.29 is 4.39 Å². The summed E-state index contributed by atoms with van der Waals surface area (Å²) >= 11 is 3.25. The van der Waals surface area contributed by atoms with Crippen molar-refractivity contribution in [2.45, 2.75) is 20.4 Å². The molecule has 94 valence electrons. The monoisotopic (exact) mass is 301 g/mol. The summed E-state index contributed by atoms with van der Waals surface area (Å²) in [6.07, 6.45) is 0. The van der Waals surface area contributed by atoms with Gasteiger partial charge in [-0.3, -0.25) is 0 Å². The van der Waals surface area contributed by atoms with E-state index >= 15 is 0 Å². The molecule has 2 N–H and O–H groups in total. The number of halogens is 2. The van der Waals surface area contributed by atoms with Crippen molar-refractivity contribution in [3.05, 3.63) is 34.1 Å². The molecule has 0 unspecified atom stereocenters. The van der Waals surface area contributed by atoms with Crippen molar-refractivity contribution in [3.63, 3.8) is 0 Å². The minimum absolute atomic E-state index is 0.272. The van der Waals surface area contributed by atoms with Gasteiger partial charge < -0.3 is 10.6 Å². The van der Waals surface area contributed by atoms with E-state index in [1.54, 1.807) is 0 Å². The van der Waals surface area contributed by atoms with Crippen LogP contribution in [-0.4, -0.2) is 23.9 Å². The maximum absolute atomic E-state index is 13.1. The minimum atomic E-state index is -0.272. The Morgan fingerprint density at radius 3 is 2.53 bits per heavy atom. The third kappa shape index (κ3) is 4.34. The number of nitrogens with two attached hydrogens (primary N) is 1. The lowest BCUT2D eigenvalue weighted by molar-refractivity contribution is 0.458. The smallest absolute Gasteiger partial charge is 0.191 e. The molecule has 1 aromatic carbocycles. The molecule has 0 bridgehead atoms. The quantitative estimate of drug-likeness (QED) is 0.686. The van der Waals surface area contributed by atoms with Gasteiger partial charge in [0.1, 0.15) is 5.82 Å². The maximum atomic E-state index is 13.1. The summed E-state index contributed by atoms with van der Waals surface area (Å²) in [5, 5.41) is 0. The predicted octanol–water partition coefficient (Wildman–Crippen LogP) is 2.74. The molecule has 0 saturated heterocycles. The standard InChI is InChI=1S/C12H17BrFN3/c1-3-17(4-2)12(15)16-8-9-5-10(13)7-11(14)6-9/h5-7H,3-4,8H2,1-2H3,(H2,15,16). The Bertz CT molecular complexity index is 382. The summed E-state index contributed by atoms with van der Waals surface area (Å²) in [6.45, 7) is 6.06. The van der Waals surface area contributed by atoms with Gasteiger partial charge in [-0.25, -0.2) is 9.38 Å². The van der Waals surface area contributed by atoms with Crippen LogP contribution in [0.15, 0.2) is 27.7 Å². The van der Waals surface area contributed by atoms with E-state index in [9.17, 15) is 4.39 Å². The lowest BCUT2D eigenvalue weighted by Gasteiger charge is -2.19. The molecule has 0 spiro atoms. The fourth-order valence-corrected chi connectivity index (χ4v) is 2.03. The molecule has 0 aliphatic rings. The van der Waals surface area contributed by atoms with Crippen LogP contribution < -0.4 is 5.73 Å². The van der Waals surface area contributed by atoms with Crippen LogP contribution in [0.2, 0.25) is 0 Å². The molecule has 1 rings (SSSR count). The number of hydrogen-bond acceptors (Lipinski definition) is 1. The molecular weight excluding hydrogens is 285 g/mol. The largest absolute Gasteiger partial charge is 0.370 e. The van der Waals surface area contributed by atoms with Crippen LogP contribution in [0.1, 0.15) is 19.4 Å². The SMILES string of the molecule is CCN(CC)C(N)=NCc1cc(F)cc(Br)c1. The molecule has 1 aromatic rings. The molecule has 0 aliphatic carbocycles.